The third kappa shape index (κ3) is 1.04. The molecule has 0 atom stereocenters. The number of hydrogen-bond donors (Lipinski definition) is 0. The van der Waals surface area contributed by atoms with E-state index in [1.165, 1.54) is 19.3 Å². The van der Waals surface area contributed by atoms with Gasteiger partial charge in [0.25, 0.3) is 0 Å². The molecule has 0 saturated heterocycles. The van der Waals surface area contributed by atoms with E-state index in [9.17, 15) is 4.79 Å². The predicted octanol–water partition coefficient (Wildman–Crippen LogP) is 0.816. The quantitative estimate of drug-likeness (QED) is 0.588. The van der Waals surface area contributed by atoms with Crippen molar-refractivity contribution in [2.24, 2.45) is 0 Å². The lowest BCUT2D eigenvalue weighted by molar-refractivity contribution is 0.111. The Morgan fingerprint density at radius 3 is 2.91 bits per heavy atom. The van der Waals surface area contributed by atoms with Crippen LogP contribution in [0.2, 0.25) is 0 Å². The first-order valence-corrected chi connectivity index (χ1v) is 3.77. The van der Waals surface area contributed by atoms with Gasteiger partial charge >= 0.3 is 0 Å². The zero-order valence-corrected chi connectivity index (χ0v) is 6.10. The number of carbonyl (C=O) groups excluding carboxylic acids is 1. The summed E-state index contributed by atoms with van der Waals surface area (Å²) in [5.74, 6) is 0. The molecule has 0 bridgehead atoms. The van der Waals surface area contributed by atoms with Crippen molar-refractivity contribution in [3.63, 3.8) is 0 Å². The molecule has 0 aliphatic heterocycles. The molecule has 0 amide bonds. The first-order chi connectivity index (χ1) is 5.40. The normalized spacial score (nSPS) is 17.8. The minimum Gasteiger partial charge on any atom is -0.296 e. The van der Waals surface area contributed by atoms with E-state index in [0.717, 1.165) is 6.29 Å². The van der Waals surface area contributed by atoms with Crippen LogP contribution in [0.5, 0.6) is 0 Å². The summed E-state index contributed by atoms with van der Waals surface area (Å²) >= 11 is 0. The van der Waals surface area contributed by atoms with Gasteiger partial charge in [-0.15, -0.1) is 5.10 Å². The Hall–Kier alpha value is -1.19. The van der Waals surface area contributed by atoms with E-state index >= 15 is 0 Å². The van der Waals surface area contributed by atoms with Gasteiger partial charge in [-0.05, 0) is 19.3 Å². The van der Waals surface area contributed by atoms with E-state index in [0.29, 0.717) is 11.7 Å². The Morgan fingerprint density at radius 1 is 1.64 bits per heavy atom. The Bertz CT molecular complexity index is 264. The Kier molecular flexibility index (Phi) is 1.45. The first kappa shape index (κ1) is 6.52. The molecule has 1 fully saturated rings. The van der Waals surface area contributed by atoms with Crippen LogP contribution in [0.4, 0.5) is 0 Å². The molecule has 0 N–H and O–H groups in total. The zero-order chi connectivity index (χ0) is 7.68. The molecule has 11 heavy (non-hydrogen) atoms. The van der Waals surface area contributed by atoms with Gasteiger partial charge in [-0.1, -0.05) is 5.21 Å². The van der Waals surface area contributed by atoms with Gasteiger partial charge in [0, 0.05) is 0 Å². The van der Waals surface area contributed by atoms with E-state index in [1.54, 1.807) is 10.9 Å². The fraction of sp³-hybridized carbons (Fsp3) is 0.571. The highest BCUT2D eigenvalue weighted by Gasteiger charge is 2.20. The number of aldehydes is 1. The third-order valence-corrected chi connectivity index (χ3v) is 2.10. The minimum absolute atomic E-state index is 0.428. The number of hydrogen-bond acceptors (Lipinski definition) is 3. The molecule has 4 heteroatoms. The largest absolute Gasteiger partial charge is 0.296 e. The maximum absolute atomic E-state index is 10.2. The Morgan fingerprint density at radius 2 is 2.45 bits per heavy atom. The van der Waals surface area contributed by atoms with Crippen LogP contribution in [0.3, 0.4) is 0 Å². The van der Waals surface area contributed by atoms with Crippen LogP contribution in [-0.2, 0) is 0 Å². The van der Waals surface area contributed by atoms with Crippen molar-refractivity contribution in [1.82, 2.24) is 15.0 Å². The highest BCUT2D eigenvalue weighted by atomic mass is 16.1. The summed E-state index contributed by atoms with van der Waals surface area (Å²) in [5.41, 5.74) is 0.428. The van der Waals surface area contributed by atoms with Crippen molar-refractivity contribution >= 4 is 6.29 Å². The van der Waals surface area contributed by atoms with E-state index in [4.69, 9.17) is 0 Å². The topological polar surface area (TPSA) is 47.8 Å². The first-order valence-electron chi connectivity index (χ1n) is 3.77. The van der Waals surface area contributed by atoms with Gasteiger partial charge < -0.3 is 0 Å². The average Bonchev–Trinajstić information content (AvgIpc) is 2.32. The summed E-state index contributed by atoms with van der Waals surface area (Å²) in [6, 6.07) is 0.496. The molecule has 58 valence electrons. The van der Waals surface area contributed by atoms with Crippen LogP contribution in [0.1, 0.15) is 35.8 Å². The Balaban J connectivity index is 2.17. The summed E-state index contributed by atoms with van der Waals surface area (Å²) in [5, 5.41) is 7.53. The second-order valence-corrected chi connectivity index (χ2v) is 2.83. The predicted molar refractivity (Wildman–Crippen MR) is 38.3 cm³/mol. The van der Waals surface area contributed by atoms with E-state index in [-0.39, 0.29) is 0 Å². The van der Waals surface area contributed by atoms with Gasteiger partial charge in [-0.25, -0.2) is 4.68 Å². The van der Waals surface area contributed by atoms with Crippen LogP contribution in [0, 0.1) is 0 Å². The van der Waals surface area contributed by atoms with Crippen LogP contribution >= 0.6 is 0 Å². The monoisotopic (exact) mass is 151 g/mol. The smallest absolute Gasteiger partial charge is 0.171 e. The average molecular weight is 151 g/mol. The molecule has 2 rings (SSSR count). The second-order valence-electron chi connectivity index (χ2n) is 2.83. The molecule has 1 aromatic rings. The van der Waals surface area contributed by atoms with Crippen molar-refractivity contribution in [2.45, 2.75) is 25.3 Å². The molecule has 1 heterocycles. The zero-order valence-electron chi connectivity index (χ0n) is 6.10. The third-order valence-electron chi connectivity index (χ3n) is 2.10. The summed E-state index contributed by atoms with van der Waals surface area (Å²) in [6.07, 6.45) is 6.03. The van der Waals surface area contributed by atoms with Gasteiger partial charge in [-0.2, -0.15) is 0 Å². The fourth-order valence-corrected chi connectivity index (χ4v) is 1.17. The molecule has 0 radical (unpaired) electrons. The molecule has 1 aliphatic rings. The highest BCUT2D eigenvalue weighted by Crippen LogP contribution is 2.30. The van der Waals surface area contributed by atoms with Crippen molar-refractivity contribution in [3.8, 4) is 0 Å². The van der Waals surface area contributed by atoms with Crippen LogP contribution < -0.4 is 0 Å². The van der Waals surface area contributed by atoms with Gasteiger partial charge in [0.1, 0.15) is 5.69 Å². The molecule has 0 unspecified atom stereocenters. The van der Waals surface area contributed by atoms with Crippen LogP contribution in [-0.4, -0.2) is 21.3 Å². The molecular formula is C7H9N3O. The summed E-state index contributed by atoms with van der Waals surface area (Å²) in [6.45, 7) is 0. The molecular weight excluding hydrogens is 142 g/mol. The van der Waals surface area contributed by atoms with Crippen LogP contribution in [0.25, 0.3) is 0 Å². The summed E-state index contributed by atoms with van der Waals surface area (Å²) in [7, 11) is 0. The number of nitrogens with zero attached hydrogens (tertiary/aromatic N) is 3. The lowest BCUT2D eigenvalue weighted by Gasteiger charge is -2.24. The van der Waals surface area contributed by atoms with E-state index in [2.05, 4.69) is 10.3 Å². The highest BCUT2D eigenvalue weighted by molar-refractivity contribution is 5.70. The Labute approximate surface area is 64.2 Å². The lowest BCUT2D eigenvalue weighted by Crippen LogP contribution is -2.17. The maximum atomic E-state index is 10.2. The maximum Gasteiger partial charge on any atom is 0.171 e. The summed E-state index contributed by atoms with van der Waals surface area (Å²) in [4.78, 5) is 10.2. The molecule has 0 spiro atoms. The summed E-state index contributed by atoms with van der Waals surface area (Å²) < 4.78 is 1.78. The number of aromatic nitrogens is 3. The molecule has 0 aromatic carbocycles. The molecule has 1 saturated carbocycles. The van der Waals surface area contributed by atoms with E-state index < -0.39 is 0 Å². The standard InChI is InChI=1S/C7H9N3O/c11-5-6-4-10(9-8-6)7-2-1-3-7/h4-5,7H,1-3H2. The van der Waals surface area contributed by atoms with Gasteiger partial charge in [0.05, 0.1) is 12.2 Å². The van der Waals surface area contributed by atoms with Crippen molar-refractivity contribution in [2.75, 3.05) is 0 Å². The van der Waals surface area contributed by atoms with Crippen molar-refractivity contribution in [1.29, 1.82) is 0 Å². The van der Waals surface area contributed by atoms with Crippen molar-refractivity contribution < 1.29 is 4.79 Å². The van der Waals surface area contributed by atoms with Gasteiger partial charge in [-0.3, -0.25) is 4.79 Å². The van der Waals surface area contributed by atoms with Gasteiger partial charge in [0.15, 0.2) is 6.29 Å². The number of rotatable bonds is 2. The van der Waals surface area contributed by atoms with Crippen molar-refractivity contribution in [3.05, 3.63) is 11.9 Å². The lowest BCUT2D eigenvalue weighted by atomic mass is 9.93. The van der Waals surface area contributed by atoms with Gasteiger partial charge in [0.2, 0.25) is 0 Å². The second kappa shape index (κ2) is 2.45. The minimum atomic E-state index is 0.428. The fourth-order valence-electron chi connectivity index (χ4n) is 1.17. The van der Waals surface area contributed by atoms with E-state index in [1.807, 2.05) is 0 Å². The SMILES string of the molecule is O=Cc1cn(C2CCC2)nn1. The number of carbonyl (C=O) groups is 1. The van der Waals surface area contributed by atoms with Crippen LogP contribution in [0.15, 0.2) is 6.20 Å². The molecule has 1 aliphatic carbocycles. The molecule has 4 nitrogen and oxygen atoms in total. The molecule has 1 aromatic heterocycles.